The van der Waals surface area contributed by atoms with E-state index in [1.165, 1.54) is 10.4 Å². The van der Waals surface area contributed by atoms with Crippen molar-refractivity contribution in [2.24, 2.45) is 0 Å². The van der Waals surface area contributed by atoms with Gasteiger partial charge in [0, 0.05) is 74.5 Å². The monoisotopic (exact) mass is 673 g/mol. The van der Waals surface area contributed by atoms with Gasteiger partial charge in [-0.1, -0.05) is 42.5 Å². The fraction of sp³-hybridized carbons (Fsp3) is 0.308. The lowest BCUT2D eigenvalue weighted by Crippen LogP contribution is -2.52. The van der Waals surface area contributed by atoms with E-state index in [1.807, 2.05) is 18.3 Å². The van der Waals surface area contributed by atoms with E-state index < -0.39 is 6.04 Å². The summed E-state index contributed by atoms with van der Waals surface area (Å²) in [6.07, 6.45) is 6.06. The second-order valence-corrected chi connectivity index (χ2v) is 13.9. The standard InChI is InChI=1S/C39H39N5O4S/c1-43(2)31-14-16-33-35(22-31)49-38(41-33)27-10-8-26(9-11-27)28-12-13-30(40-23-28)6-4-20-48-19-3-5-25-7-15-32-29(21-25)24-44(39(32)47)34-17-18-36(45)42-37(34)46/h7-16,21-23,34H,3-6,17-20,24H2,1-2H3,(H,42,45,46). The zero-order valence-corrected chi connectivity index (χ0v) is 28.6. The molecular formula is C39H39N5O4S. The molecule has 9 nitrogen and oxygen atoms in total. The molecule has 0 aliphatic carbocycles. The minimum absolute atomic E-state index is 0.141. The van der Waals surface area contributed by atoms with E-state index in [2.05, 4.69) is 85.0 Å². The van der Waals surface area contributed by atoms with Gasteiger partial charge in [0.2, 0.25) is 11.8 Å². The summed E-state index contributed by atoms with van der Waals surface area (Å²) in [5, 5.41) is 3.37. The quantitative estimate of drug-likeness (QED) is 0.120. The Morgan fingerprint density at radius 1 is 0.898 bits per heavy atom. The fourth-order valence-corrected chi connectivity index (χ4v) is 7.49. The molecule has 2 aliphatic heterocycles. The number of nitrogens with one attached hydrogen (secondary N) is 1. The number of hydrogen-bond acceptors (Lipinski definition) is 8. The molecule has 0 bridgehead atoms. The first-order valence-electron chi connectivity index (χ1n) is 16.8. The van der Waals surface area contributed by atoms with Crippen LogP contribution < -0.4 is 10.2 Å². The number of hydrogen-bond donors (Lipinski definition) is 1. The molecule has 49 heavy (non-hydrogen) atoms. The molecule has 7 rings (SSSR count). The van der Waals surface area contributed by atoms with Crippen LogP contribution in [-0.2, 0) is 33.7 Å². The normalized spacial score (nSPS) is 15.9. The number of pyridine rings is 1. The number of rotatable bonds is 12. The van der Waals surface area contributed by atoms with Crippen LogP contribution in [0.25, 0.3) is 31.9 Å². The van der Waals surface area contributed by atoms with Crippen molar-refractivity contribution in [3.05, 3.63) is 101 Å². The lowest BCUT2D eigenvalue weighted by atomic mass is 10.0. The molecule has 3 aromatic carbocycles. The van der Waals surface area contributed by atoms with Crippen molar-refractivity contribution in [3.63, 3.8) is 0 Å². The Morgan fingerprint density at radius 3 is 2.43 bits per heavy atom. The summed E-state index contributed by atoms with van der Waals surface area (Å²) < 4.78 is 7.10. The van der Waals surface area contributed by atoms with E-state index in [0.29, 0.717) is 31.7 Å². The highest BCUT2D eigenvalue weighted by molar-refractivity contribution is 7.21. The Labute approximate surface area is 289 Å². The zero-order chi connectivity index (χ0) is 33.9. The molecule has 1 unspecified atom stereocenters. The maximum Gasteiger partial charge on any atom is 0.255 e. The van der Waals surface area contributed by atoms with Crippen molar-refractivity contribution in [1.29, 1.82) is 0 Å². The number of fused-ring (bicyclic) bond motifs is 2. The number of nitrogens with zero attached hydrogens (tertiary/aromatic N) is 4. The third-order valence-corrected chi connectivity index (χ3v) is 10.3. The number of piperidine rings is 1. The SMILES string of the molecule is CN(C)c1ccc2nc(-c3ccc(-c4ccc(CCCOCCCc5ccc6c(c5)CN(C5CCC(=O)NC5=O)C6=O)nc4)cc3)sc2c1. The van der Waals surface area contributed by atoms with Crippen molar-refractivity contribution in [1.82, 2.24) is 20.2 Å². The number of benzene rings is 3. The highest BCUT2D eigenvalue weighted by atomic mass is 32.1. The molecule has 1 atom stereocenters. The van der Waals surface area contributed by atoms with Crippen molar-refractivity contribution in [2.45, 2.75) is 51.1 Å². The summed E-state index contributed by atoms with van der Waals surface area (Å²) in [4.78, 5) is 50.0. The van der Waals surface area contributed by atoms with Gasteiger partial charge in [-0.2, -0.15) is 0 Å². The van der Waals surface area contributed by atoms with Gasteiger partial charge in [-0.15, -0.1) is 11.3 Å². The molecule has 10 heteroatoms. The molecule has 3 amide bonds. The smallest absolute Gasteiger partial charge is 0.255 e. The number of amides is 3. The minimum Gasteiger partial charge on any atom is -0.381 e. The van der Waals surface area contributed by atoms with Crippen LogP contribution in [0.2, 0.25) is 0 Å². The topological polar surface area (TPSA) is 105 Å². The van der Waals surface area contributed by atoms with Crippen LogP contribution in [0.4, 0.5) is 5.69 Å². The van der Waals surface area contributed by atoms with Gasteiger partial charge in [0.1, 0.15) is 11.0 Å². The van der Waals surface area contributed by atoms with E-state index >= 15 is 0 Å². The van der Waals surface area contributed by atoms with Crippen LogP contribution in [0, 0.1) is 0 Å². The Morgan fingerprint density at radius 2 is 1.67 bits per heavy atom. The third-order valence-electron chi connectivity index (χ3n) is 9.24. The number of ether oxygens (including phenoxy) is 1. The average molecular weight is 674 g/mol. The maximum atomic E-state index is 12.9. The molecule has 0 radical (unpaired) electrons. The first-order chi connectivity index (χ1) is 23.8. The summed E-state index contributed by atoms with van der Waals surface area (Å²) in [6.45, 7) is 1.73. The molecule has 2 aliphatic rings. The number of carbonyl (C=O) groups is 3. The Bertz CT molecular complexity index is 2000. The van der Waals surface area contributed by atoms with E-state index in [0.717, 1.165) is 69.7 Å². The molecule has 4 heterocycles. The number of anilines is 1. The van der Waals surface area contributed by atoms with Crippen molar-refractivity contribution in [2.75, 3.05) is 32.2 Å². The van der Waals surface area contributed by atoms with Gasteiger partial charge in [-0.3, -0.25) is 24.7 Å². The van der Waals surface area contributed by atoms with Crippen molar-refractivity contribution < 1.29 is 19.1 Å². The lowest BCUT2D eigenvalue weighted by Gasteiger charge is -2.29. The molecular weight excluding hydrogens is 635 g/mol. The Kier molecular flexibility index (Phi) is 9.50. The van der Waals surface area contributed by atoms with Crippen LogP contribution in [-0.4, -0.2) is 65.9 Å². The molecule has 1 fully saturated rings. The highest BCUT2D eigenvalue weighted by Gasteiger charge is 2.39. The van der Waals surface area contributed by atoms with Crippen LogP contribution in [0.3, 0.4) is 0 Å². The predicted octanol–water partition coefficient (Wildman–Crippen LogP) is 6.43. The van der Waals surface area contributed by atoms with E-state index in [9.17, 15) is 14.4 Å². The zero-order valence-electron chi connectivity index (χ0n) is 27.8. The van der Waals surface area contributed by atoms with Crippen LogP contribution in [0.5, 0.6) is 0 Å². The van der Waals surface area contributed by atoms with E-state index in [4.69, 9.17) is 14.7 Å². The number of carbonyl (C=O) groups excluding carboxylic acids is 3. The molecule has 1 saturated heterocycles. The lowest BCUT2D eigenvalue weighted by molar-refractivity contribution is -0.136. The van der Waals surface area contributed by atoms with Crippen LogP contribution in [0.1, 0.15) is 52.9 Å². The van der Waals surface area contributed by atoms with Gasteiger partial charge < -0.3 is 14.5 Å². The third kappa shape index (κ3) is 7.25. The Balaban J connectivity index is 0.831. The second kappa shape index (κ2) is 14.3. The first-order valence-corrected chi connectivity index (χ1v) is 17.6. The van der Waals surface area contributed by atoms with E-state index in [-0.39, 0.29) is 24.1 Å². The van der Waals surface area contributed by atoms with Gasteiger partial charge >= 0.3 is 0 Å². The summed E-state index contributed by atoms with van der Waals surface area (Å²) >= 11 is 1.72. The van der Waals surface area contributed by atoms with Crippen LogP contribution >= 0.6 is 11.3 Å². The summed E-state index contributed by atoms with van der Waals surface area (Å²) in [6, 6.07) is 24.5. The molecule has 2 aromatic heterocycles. The Hall–Kier alpha value is -4.93. The van der Waals surface area contributed by atoms with Gasteiger partial charge in [-0.25, -0.2) is 4.98 Å². The average Bonchev–Trinajstić information content (AvgIpc) is 3.68. The summed E-state index contributed by atoms with van der Waals surface area (Å²) in [5.74, 6) is -0.803. The highest BCUT2D eigenvalue weighted by Crippen LogP contribution is 2.33. The molecule has 0 saturated carbocycles. The predicted molar refractivity (Wildman–Crippen MR) is 193 cm³/mol. The fourth-order valence-electron chi connectivity index (χ4n) is 6.48. The number of imide groups is 1. The number of thiazole rings is 1. The van der Waals surface area contributed by atoms with Crippen LogP contribution in [0.15, 0.2) is 79.0 Å². The van der Waals surface area contributed by atoms with Crippen molar-refractivity contribution in [3.8, 4) is 21.7 Å². The first kappa shape index (κ1) is 32.6. The number of aromatic nitrogens is 2. The molecule has 250 valence electrons. The van der Waals surface area contributed by atoms with E-state index in [1.54, 1.807) is 16.2 Å². The molecule has 0 spiro atoms. The summed E-state index contributed by atoms with van der Waals surface area (Å²) in [7, 11) is 4.10. The maximum absolute atomic E-state index is 12.9. The van der Waals surface area contributed by atoms with Gasteiger partial charge in [0.15, 0.2) is 0 Å². The van der Waals surface area contributed by atoms with Gasteiger partial charge in [-0.05, 0) is 79.1 Å². The number of aryl methyl sites for hydroxylation is 2. The summed E-state index contributed by atoms with van der Waals surface area (Å²) in [5.41, 5.74) is 9.31. The largest absolute Gasteiger partial charge is 0.381 e. The minimum atomic E-state index is -0.589. The van der Waals surface area contributed by atoms with Gasteiger partial charge in [0.25, 0.3) is 5.91 Å². The molecule has 1 N–H and O–H groups in total. The van der Waals surface area contributed by atoms with Gasteiger partial charge in [0.05, 0.1) is 10.2 Å². The molecule has 5 aromatic rings. The van der Waals surface area contributed by atoms with Crippen molar-refractivity contribution >= 4 is 45.0 Å². The second-order valence-electron chi connectivity index (χ2n) is 12.9.